The monoisotopic (exact) mass is 292 g/mol. The number of benzene rings is 4. The summed E-state index contributed by atoms with van der Waals surface area (Å²) in [7, 11) is 0. The summed E-state index contributed by atoms with van der Waals surface area (Å²) in [5.74, 6) is 0. The minimum atomic E-state index is 0.957. The number of hydrogen-bond acceptors (Lipinski definition) is 1. The van der Waals surface area contributed by atoms with Crippen LogP contribution in [0.25, 0.3) is 55.0 Å². The van der Waals surface area contributed by atoms with Crippen molar-refractivity contribution in [1.29, 1.82) is 0 Å². The van der Waals surface area contributed by atoms with Gasteiger partial charge in [0.1, 0.15) is 11.2 Å². The van der Waals surface area contributed by atoms with E-state index in [1.54, 1.807) is 0 Å². The molecular formula is C22H12O. The fourth-order valence-corrected chi connectivity index (χ4v) is 4.09. The predicted molar refractivity (Wildman–Crippen MR) is 95.7 cm³/mol. The summed E-state index contributed by atoms with van der Waals surface area (Å²) in [5.41, 5.74) is 7.22. The Hall–Kier alpha value is -3.06. The van der Waals surface area contributed by atoms with Gasteiger partial charge in [-0.05, 0) is 45.7 Å². The van der Waals surface area contributed by atoms with E-state index in [-0.39, 0.29) is 0 Å². The van der Waals surface area contributed by atoms with Gasteiger partial charge in [-0.1, -0.05) is 54.6 Å². The van der Waals surface area contributed by atoms with E-state index >= 15 is 0 Å². The zero-order valence-corrected chi connectivity index (χ0v) is 12.3. The SMILES string of the molecule is c1cc2c3c(cccc3c1)-c1c-2ccc2oc3ccccc3c12. The summed E-state index contributed by atoms with van der Waals surface area (Å²) >= 11 is 0. The molecule has 5 aromatic rings. The Balaban J connectivity index is 1.93. The molecule has 4 aromatic carbocycles. The zero-order valence-electron chi connectivity index (χ0n) is 12.3. The standard InChI is InChI=1S/C22H12O/c1-2-10-18-16(7-1)22-19(23-18)12-11-15-14-8-3-5-13-6-4-9-17(20(13)14)21(15)22/h1-12H. The second kappa shape index (κ2) is 3.82. The van der Waals surface area contributed by atoms with Gasteiger partial charge in [0, 0.05) is 16.3 Å². The molecule has 106 valence electrons. The average Bonchev–Trinajstić information content (AvgIpc) is 3.13. The molecule has 0 spiro atoms. The van der Waals surface area contributed by atoms with Crippen molar-refractivity contribution >= 4 is 32.7 Å². The summed E-state index contributed by atoms with van der Waals surface area (Å²) in [6.07, 6.45) is 0. The van der Waals surface area contributed by atoms with Crippen molar-refractivity contribution in [1.82, 2.24) is 0 Å². The molecule has 1 nitrogen and oxygen atoms in total. The van der Waals surface area contributed by atoms with Gasteiger partial charge in [-0.15, -0.1) is 0 Å². The molecule has 0 bridgehead atoms. The van der Waals surface area contributed by atoms with Gasteiger partial charge in [0.25, 0.3) is 0 Å². The molecule has 0 saturated heterocycles. The molecule has 6 rings (SSSR count). The van der Waals surface area contributed by atoms with Gasteiger partial charge < -0.3 is 4.42 Å². The van der Waals surface area contributed by atoms with Crippen LogP contribution in [0.3, 0.4) is 0 Å². The highest BCUT2D eigenvalue weighted by Crippen LogP contribution is 2.51. The molecule has 1 aromatic heterocycles. The maximum absolute atomic E-state index is 6.07. The van der Waals surface area contributed by atoms with Crippen LogP contribution in [0.15, 0.2) is 77.2 Å². The Morgan fingerprint density at radius 2 is 1.35 bits per heavy atom. The topological polar surface area (TPSA) is 13.1 Å². The lowest BCUT2D eigenvalue weighted by Crippen LogP contribution is -1.78. The first-order valence-corrected chi connectivity index (χ1v) is 7.88. The molecule has 1 heterocycles. The second-order valence-corrected chi connectivity index (χ2v) is 6.17. The highest BCUT2D eigenvalue weighted by Gasteiger charge is 2.25. The molecule has 0 fully saturated rings. The molecule has 0 radical (unpaired) electrons. The molecule has 23 heavy (non-hydrogen) atoms. The molecule has 0 atom stereocenters. The lowest BCUT2D eigenvalue weighted by atomic mass is 9.98. The van der Waals surface area contributed by atoms with Crippen LogP contribution in [0.5, 0.6) is 0 Å². The molecule has 0 amide bonds. The predicted octanol–water partition coefficient (Wildman–Crippen LogP) is 6.39. The third kappa shape index (κ3) is 1.29. The number of rotatable bonds is 0. The third-order valence-electron chi connectivity index (χ3n) is 5.01. The number of hydrogen-bond donors (Lipinski definition) is 0. The van der Waals surface area contributed by atoms with E-state index in [1.807, 2.05) is 12.1 Å². The summed E-state index contributed by atoms with van der Waals surface area (Å²) in [4.78, 5) is 0. The van der Waals surface area contributed by atoms with Crippen molar-refractivity contribution in [2.24, 2.45) is 0 Å². The molecule has 0 unspecified atom stereocenters. The van der Waals surface area contributed by atoms with Crippen LogP contribution >= 0.6 is 0 Å². The molecule has 0 aliphatic heterocycles. The Bertz CT molecular complexity index is 1250. The lowest BCUT2D eigenvalue weighted by molar-refractivity contribution is 0.669. The Morgan fingerprint density at radius 1 is 0.522 bits per heavy atom. The first-order chi connectivity index (χ1) is 11.4. The minimum absolute atomic E-state index is 0.957. The Morgan fingerprint density at radius 3 is 2.26 bits per heavy atom. The van der Waals surface area contributed by atoms with Gasteiger partial charge in [0.15, 0.2) is 0 Å². The van der Waals surface area contributed by atoms with Crippen LogP contribution in [0, 0.1) is 0 Å². The van der Waals surface area contributed by atoms with Gasteiger partial charge in [-0.3, -0.25) is 0 Å². The maximum Gasteiger partial charge on any atom is 0.136 e. The highest BCUT2D eigenvalue weighted by molar-refractivity contribution is 6.25. The van der Waals surface area contributed by atoms with Crippen molar-refractivity contribution in [2.45, 2.75) is 0 Å². The maximum atomic E-state index is 6.07. The van der Waals surface area contributed by atoms with Crippen LogP contribution in [0.1, 0.15) is 0 Å². The third-order valence-corrected chi connectivity index (χ3v) is 5.01. The first-order valence-electron chi connectivity index (χ1n) is 7.88. The molecule has 0 saturated carbocycles. The largest absolute Gasteiger partial charge is 0.456 e. The number of fused-ring (bicyclic) bond motifs is 7. The van der Waals surface area contributed by atoms with E-state index < -0.39 is 0 Å². The summed E-state index contributed by atoms with van der Waals surface area (Å²) in [6, 6.07) is 25.8. The molecule has 1 heteroatoms. The summed E-state index contributed by atoms with van der Waals surface area (Å²) in [6.45, 7) is 0. The summed E-state index contributed by atoms with van der Waals surface area (Å²) in [5, 5.41) is 5.10. The molecule has 1 aliphatic carbocycles. The van der Waals surface area contributed by atoms with Crippen molar-refractivity contribution in [3.05, 3.63) is 72.8 Å². The minimum Gasteiger partial charge on any atom is -0.456 e. The van der Waals surface area contributed by atoms with E-state index in [2.05, 4.69) is 60.7 Å². The quantitative estimate of drug-likeness (QED) is 0.316. The van der Waals surface area contributed by atoms with Crippen LogP contribution in [-0.2, 0) is 0 Å². The van der Waals surface area contributed by atoms with Gasteiger partial charge in [0.05, 0.1) is 0 Å². The van der Waals surface area contributed by atoms with Crippen LogP contribution in [0.2, 0.25) is 0 Å². The number of para-hydroxylation sites is 1. The van der Waals surface area contributed by atoms with E-state index in [1.165, 1.54) is 43.8 Å². The zero-order chi connectivity index (χ0) is 15.0. The second-order valence-electron chi connectivity index (χ2n) is 6.17. The van der Waals surface area contributed by atoms with E-state index in [0.29, 0.717) is 0 Å². The van der Waals surface area contributed by atoms with Crippen molar-refractivity contribution in [3.8, 4) is 22.3 Å². The van der Waals surface area contributed by atoms with Crippen molar-refractivity contribution in [2.75, 3.05) is 0 Å². The van der Waals surface area contributed by atoms with Gasteiger partial charge in [0.2, 0.25) is 0 Å². The fraction of sp³-hybridized carbons (Fsp3) is 0. The normalized spacial score (nSPS) is 12.3. The summed E-state index contributed by atoms with van der Waals surface area (Å²) < 4.78 is 6.07. The average molecular weight is 292 g/mol. The van der Waals surface area contributed by atoms with E-state index in [9.17, 15) is 0 Å². The smallest absolute Gasteiger partial charge is 0.136 e. The Kier molecular flexibility index (Phi) is 1.91. The van der Waals surface area contributed by atoms with Gasteiger partial charge in [-0.25, -0.2) is 0 Å². The lowest BCUT2D eigenvalue weighted by Gasteiger charge is -2.03. The highest BCUT2D eigenvalue weighted by atomic mass is 16.3. The molecule has 0 N–H and O–H groups in total. The van der Waals surface area contributed by atoms with Crippen LogP contribution in [0.4, 0.5) is 0 Å². The van der Waals surface area contributed by atoms with E-state index in [0.717, 1.165) is 11.2 Å². The molecular weight excluding hydrogens is 280 g/mol. The van der Waals surface area contributed by atoms with Crippen molar-refractivity contribution in [3.63, 3.8) is 0 Å². The first kappa shape index (κ1) is 11.5. The van der Waals surface area contributed by atoms with E-state index in [4.69, 9.17) is 4.42 Å². The number of furan rings is 1. The van der Waals surface area contributed by atoms with Gasteiger partial charge >= 0.3 is 0 Å². The van der Waals surface area contributed by atoms with Gasteiger partial charge in [-0.2, -0.15) is 0 Å². The Labute approximate surface area is 132 Å². The van der Waals surface area contributed by atoms with Crippen LogP contribution < -0.4 is 0 Å². The fourth-order valence-electron chi connectivity index (χ4n) is 4.09. The van der Waals surface area contributed by atoms with Crippen LogP contribution in [-0.4, -0.2) is 0 Å². The molecule has 1 aliphatic rings. The van der Waals surface area contributed by atoms with Crippen molar-refractivity contribution < 1.29 is 4.42 Å².